The van der Waals surface area contributed by atoms with Gasteiger partial charge in [0.25, 0.3) is 5.91 Å². The average molecular weight is 475 g/mol. The molecule has 31 heavy (non-hydrogen) atoms. The number of benzene rings is 1. The van der Waals surface area contributed by atoms with E-state index in [0.717, 1.165) is 6.21 Å². The lowest BCUT2D eigenvalue weighted by Crippen LogP contribution is -2.30. The van der Waals surface area contributed by atoms with Crippen molar-refractivity contribution in [3.63, 3.8) is 0 Å². The molecule has 5 nitrogen and oxygen atoms in total. The number of carbonyl (C=O) groups excluding carboxylic acids is 1. The molecule has 1 aromatic carbocycles. The lowest BCUT2D eigenvalue weighted by Gasteiger charge is -2.15. The Labute approximate surface area is 185 Å². The highest BCUT2D eigenvalue weighted by atomic mass is 35.5. The molecular formula is C20H16Cl2F4N4O. The first-order valence-electron chi connectivity index (χ1n) is 8.69. The Morgan fingerprint density at radius 1 is 1.32 bits per heavy atom. The van der Waals surface area contributed by atoms with E-state index in [0.29, 0.717) is 11.1 Å². The van der Waals surface area contributed by atoms with Gasteiger partial charge in [-0.3, -0.25) is 14.8 Å². The number of halogens is 6. The van der Waals surface area contributed by atoms with Crippen LogP contribution in [0.1, 0.15) is 18.7 Å². The third-order valence-electron chi connectivity index (χ3n) is 3.97. The molecule has 0 saturated carbocycles. The highest BCUT2D eigenvalue weighted by Gasteiger charge is 2.38. The fourth-order valence-corrected chi connectivity index (χ4v) is 3.11. The molecule has 0 bridgehead atoms. The maximum absolute atomic E-state index is 14.7. The number of alkyl halides is 4. The van der Waals surface area contributed by atoms with E-state index in [9.17, 15) is 22.4 Å². The fourth-order valence-electron chi connectivity index (χ4n) is 2.58. The molecule has 1 aromatic heterocycles. The van der Waals surface area contributed by atoms with Crippen molar-refractivity contribution in [2.75, 3.05) is 6.54 Å². The van der Waals surface area contributed by atoms with E-state index in [1.165, 1.54) is 25.3 Å². The number of allylic oxidation sites excluding steroid dienone is 1. The fraction of sp³-hybridized carbons (Fsp3) is 0.200. The van der Waals surface area contributed by atoms with Gasteiger partial charge < -0.3 is 5.32 Å². The summed E-state index contributed by atoms with van der Waals surface area (Å²) in [6.45, 7) is 3.57. The zero-order valence-corrected chi connectivity index (χ0v) is 17.6. The first-order chi connectivity index (χ1) is 14.6. The number of nitrogens with one attached hydrogen (secondary N) is 1. The maximum atomic E-state index is 14.7. The zero-order chi connectivity index (χ0) is 23.2. The second-order valence-corrected chi connectivity index (χ2v) is 6.76. The lowest BCUT2D eigenvalue weighted by atomic mass is 10.0. The van der Waals surface area contributed by atoms with Gasteiger partial charge in [0.15, 0.2) is 11.4 Å². The predicted molar refractivity (Wildman–Crippen MR) is 113 cm³/mol. The summed E-state index contributed by atoms with van der Waals surface area (Å²) >= 11 is 12.2. The molecule has 0 aliphatic rings. The number of rotatable bonds is 7. The predicted octanol–water partition coefficient (Wildman–Crippen LogP) is 5.75. The topological polar surface area (TPSA) is 66.7 Å². The Balaban J connectivity index is 2.20. The zero-order valence-electron chi connectivity index (χ0n) is 16.1. The minimum absolute atomic E-state index is 0.0328. The van der Waals surface area contributed by atoms with E-state index < -0.39 is 36.2 Å². The largest absolute Gasteiger partial charge is 0.435 e. The highest BCUT2D eigenvalue weighted by molar-refractivity contribution is 6.33. The van der Waals surface area contributed by atoms with Crippen molar-refractivity contribution in [1.82, 2.24) is 10.3 Å². The monoisotopic (exact) mass is 474 g/mol. The van der Waals surface area contributed by atoms with E-state index in [-0.39, 0.29) is 15.7 Å². The summed E-state index contributed by atoms with van der Waals surface area (Å²) in [7, 11) is 0. The van der Waals surface area contributed by atoms with E-state index in [2.05, 4.69) is 27.0 Å². The molecule has 0 radical (unpaired) electrons. The van der Waals surface area contributed by atoms with Crippen molar-refractivity contribution in [3.8, 4) is 11.1 Å². The molecule has 1 unspecified atom stereocenters. The van der Waals surface area contributed by atoms with Gasteiger partial charge in [-0.15, -0.1) is 0 Å². The number of hydrogen-bond acceptors (Lipinski definition) is 4. The number of pyridine rings is 1. The van der Waals surface area contributed by atoms with Crippen LogP contribution >= 0.6 is 23.2 Å². The van der Waals surface area contributed by atoms with Crippen molar-refractivity contribution in [1.29, 1.82) is 0 Å². The third kappa shape index (κ3) is 6.11. The summed E-state index contributed by atoms with van der Waals surface area (Å²) in [5.41, 5.74) is -1.38. The molecular weight excluding hydrogens is 459 g/mol. The third-order valence-corrected chi connectivity index (χ3v) is 4.60. The maximum Gasteiger partial charge on any atom is 0.435 e. The molecule has 11 heteroatoms. The van der Waals surface area contributed by atoms with Crippen LogP contribution in [0.2, 0.25) is 10.2 Å². The summed E-state index contributed by atoms with van der Waals surface area (Å²) in [6, 6.07) is 7.81. The molecule has 0 aliphatic carbocycles. The van der Waals surface area contributed by atoms with Gasteiger partial charge in [0.1, 0.15) is 11.3 Å². The van der Waals surface area contributed by atoms with E-state index in [4.69, 9.17) is 23.2 Å². The van der Waals surface area contributed by atoms with Gasteiger partial charge in [0.05, 0.1) is 6.54 Å². The number of hydrogen-bond donors (Lipinski definition) is 1. The van der Waals surface area contributed by atoms with Gasteiger partial charge in [-0.05, 0) is 37.4 Å². The molecule has 0 saturated heterocycles. The minimum atomic E-state index is -4.94. The van der Waals surface area contributed by atoms with Gasteiger partial charge in [0, 0.05) is 28.6 Å². The Morgan fingerprint density at radius 3 is 2.58 bits per heavy atom. The molecule has 2 rings (SSSR count). The standard InChI is InChI=1S/C20H16Cl2F4N4O/c1-3-28-17(20(24,25)26)16(27-2)19(31)30-10-15(23)13-7-6-11(9-14(13)21)12-5-4-8-29-18(12)22/h3-9,15H,2,10H2,1H3,(H,30,31)/b17-16-,28-3?. The molecule has 164 valence electrons. The van der Waals surface area contributed by atoms with E-state index in [1.807, 2.05) is 0 Å². The van der Waals surface area contributed by atoms with Crippen molar-refractivity contribution in [2.24, 2.45) is 9.98 Å². The number of aromatic nitrogens is 1. The number of nitrogens with zero attached hydrogens (tertiary/aromatic N) is 3. The Hall–Kier alpha value is -2.78. The van der Waals surface area contributed by atoms with Crippen LogP contribution in [-0.2, 0) is 4.79 Å². The van der Waals surface area contributed by atoms with Gasteiger partial charge in [-0.25, -0.2) is 9.37 Å². The van der Waals surface area contributed by atoms with Crippen LogP contribution in [0, 0.1) is 0 Å². The summed E-state index contributed by atoms with van der Waals surface area (Å²) in [4.78, 5) is 22.3. The minimum Gasteiger partial charge on any atom is -0.347 e. The molecule has 0 aliphatic heterocycles. The van der Waals surface area contributed by atoms with Crippen LogP contribution in [0.5, 0.6) is 0 Å². The van der Waals surface area contributed by atoms with Crippen LogP contribution in [0.4, 0.5) is 17.6 Å². The number of amides is 1. The SMILES string of the molecule is C=N/C(C(=O)NCC(F)c1ccc(-c2cccnc2Cl)cc1Cl)=C(\N=CC)C(F)(F)F. The van der Waals surface area contributed by atoms with Crippen LogP contribution < -0.4 is 5.32 Å². The van der Waals surface area contributed by atoms with Crippen molar-refractivity contribution in [3.05, 3.63) is 63.7 Å². The smallest absolute Gasteiger partial charge is 0.347 e. The summed E-state index contributed by atoms with van der Waals surface area (Å²) < 4.78 is 53.9. The normalized spacial score (nSPS) is 13.6. The van der Waals surface area contributed by atoms with Crippen molar-refractivity contribution < 1.29 is 22.4 Å². The van der Waals surface area contributed by atoms with Gasteiger partial charge in [-0.1, -0.05) is 35.3 Å². The second-order valence-electron chi connectivity index (χ2n) is 6.00. The van der Waals surface area contributed by atoms with Gasteiger partial charge in [-0.2, -0.15) is 13.2 Å². The lowest BCUT2D eigenvalue weighted by molar-refractivity contribution is -0.119. The summed E-state index contributed by atoms with van der Waals surface area (Å²) in [6.07, 6.45) is -4.37. The van der Waals surface area contributed by atoms with Gasteiger partial charge >= 0.3 is 6.18 Å². The van der Waals surface area contributed by atoms with E-state index >= 15 is 0 Å². The molecule has 2 aromatic rings. The Morgan fingerprint density at radius 2 is 2.03 bits per heavy atom. The second kappa shape index (κ2) is 10.5. The molecule has 1 amide bonds. The van der Waals surface area contributed by atoms with Crippen molar-refractivity contribution in [2.45, 2.75) is 19.3 Å². The molecule has 0 spiro atoms. The highest BCUT2D eigenvalue weighted by Crippen LogP contribution is 2.33. The first-order valence-corrected chi connectivity index (χ1v) is 9.45. The van der Waals surface area contributed by atoms with Crippen LogP contribution in [0.25, 0.3) is 11.1 Å². The number of aliphatic imine (C=N–C) groups is 2. The number of carbonyl (C=O) groups is 1. The van der Waals surface area contributed by atoms with Crippen molar-refractivity contribution >= 4 is 42.0 Å². The average Bonchev–Trinajstić information content (AvgIpc) is 2.71. The van der Waals surface area contributed by atoms with E-state index in [1.54, 1.807) is 18.2 Å². The van der Waals surface area contributed by atoms with Crippen LogP contribution in [0.3, 0.4) is 0 Å². The van der Waals surface area contributed by atoms with Gasteiger partial charge in [0.2, 0.25) is 0 Å². The van der Waals surface area contributed by atoms with Crippen LogP contribution in [-0.4, -0.2) is 36.5 Å². The molecule has 1 atom stereocenters. The van der Waals surface area contributed by atoms with Crippen LogP contribution in [0.15, 0.2) is 57.9 Å². The quantitative estimate of drug-likeness (QED) is 0.240. The summed E-state index contributed by atoms with van der Waals surface area (Å²) in [5.74, 6) is -1.27. The molecule has 1 heterocycles. The Kier molecular flexibility index (Phi) is 8.29. The Bertz CT molecular complexity index is 1040. The first kappa shape index (κ1) is 24.5. The molecule has 1 N–H and O–H groups in total. The molecule has 0 fully saturated rings. The summed E-state index contributed by atoms with van der Waals surface area (Å²) in [5, 5.41) is 2.34.